The van der Waals surface area contributed by atoms with Crippen LogP contribution in [0.2, 0.25) is 0 Å². The minimum absolute atomic E-state index is 0.125. The summed E-state index contributed by atoms with van der Waals surface area (Å²) in [6.45, 7) is 5.09. The predicted octanol–water partition coefficient (Wildman–Crippen LogP) is 3.10. The maximum absolute atomic E-state index is 12.8. The molecule has 0 heterocycles. The quantitative estimate of drug-likeness (QED) is 0.722. The molecule has 0 saturated carbocycles. The van der Waals surface area contributed by atoms with Gasteiger partial charge >= 0.3 is 0 Å². The van der Waals surface area contributed by atoms with Gasteiger partial charge in [0, 0.05) is 5.56 Å². The van der Waals surface area contributed by atoms with Gasteiger partial charge in [-0.3, -0.25) is 14.4 Å². The lowest BCUT2D eigenvalue weighted by Crippen LogP contribution is -2.51. The number of nitrogens with zero attached hydrogens (tertiary/aromatic N) is 1. The van der Waals surface area contributed by atoms with Crippen molar-refractivity contribution in [2.24, 2.45) is 5.92 Å². The van der Waals surface area contributed by atoms with Crippen LogP contribution in [0, 0.1) is 17.2 Å². The first-order chi connectivity index (χ1) is 13.8. The summed E-state index contributed by atoms with van der Waals surface area (Å²) in [7, 11) is 0. The van der Waals surface area contributed by atoms with Gasteiger partial charge in [0.15, 0.2) is 11.8 Å². The molecule has 2 rings (SSSR count). The van der Waals surface area contributed by atoms with Crippen LogP contribution in [0.4, 0.5) is 0 Å². The molecule has 2 aromatic rings. The third-order valence-electron chi connectivity index (χ3n) is 4.38. The Balaban J connectivity index is 2.19. The lowest BCUT2D eigenvalue weighted by Gasteiger charge is -2.21. The topological polar surface area (TPSA) is 99.1 Å². The van der Waals surface area contributed by atoms with Crippen LogP contribution < -0.4 is 10.6 Å². The Labute approximate surface area is 170 Å². The molecule has 2 unspecified atom stereocenters. The van der Waals surface area contributed by atoms with E-state index >= 15 is 0 Å². The van der Waals surface area contributed by atoms with Crippen LogP contribution in [-0.2, 0) is 9.59 Å². The fourth-order valence-electron chi connectivity index (χ4n) is 2.88. The molecule has 0 aliphatic heterocycles. The SMILES string of the molecule is CC(=O)C(C#N)NC(=O)C(CC(C)C)NC(=O)c1cccc(-c2ccccc2)c1. The van der Waals surface area contributed by atoms with E-state index in [4.69, 9.17) is 5.26 Å². The van der Waals surface area contributed by atoms with Crippen LogP contribution in [-0.4, -0.2) is 29.7 Å². The number of benzene rings is 2. The van der Waals surface area contributed by atoms with Gasteiger partial charge in [-0.15, -0.1) is 0 Å². The van der Waals surface area contributed by atoms with Gasteiger partial charge in [0.05, 0.1) is 6.07 Å². The maximum Gasteiger partial charge on any atom is 0.251 e. The summed E-state index contributed by atoms with van der Waals surface area (Å²) in [5, 5.41) is 14.2. The summed E-state index contributed by atoms with van der Waals surface area (Å²) < 4.78 is 0. The summed E-state index contributed by atoms with van der Waals surface area (Å²) in [6, 6.07) is 16.5. The van der Waals surface area contributed by atoms with E-state index in [1.165, 1.54) is 6.92 Å². The molecule has 0 aliphatic carbocycles. The molecule has 0 fully saturated rings. The van der Waals surface area contributed by atoms with Gasteiger partial charge in [0.1, 0.15) is 6.04 Å². The van der Waals surface area contributed by atoms with Crippen LogP contribution >= 0.6 is 0 Å². The zero-order chi connectivity index (χ0) is 21.4. The second-order valence-electron chi connectivity index (χ2n) is 7.28. The van der Waals surface area contributed by atoms with E-state index in [-0.39, 0.29) is 11.8 Å². The molecule has 2 N–H and O–H groups in total. The standard InChI is InChI=1S/C23H25N3O3/c1-15(2)12-20(23(29)26-21(14-24)16(3)27)25-22(28)19-11-7-10-18(13-19)17-8-5-4-6-9-17/h4-11,13,15,20-21H,12H2,1-3H3,(H,25,28)(H,26,29). The number of amides is 2. The van der Waals surface area contributed by atoms with Crippen molar-refractivity contribution >= 4 is 17.6 Å². The zero-order valence-electron chi connectivity index (χ0n) is 16.8. The van der Waals surface area contributed by atoms with Gasteiger partial charge in [0.2, 0.25) is 5.91 Å². The van der Waals surface area contributed by atoms with Gasteiger partial charge < -0.3 is 10.6 Å². The highest BCUT2D eigenvalue weighted by Crippen LogP contribution is 2.20. The Morgan fingerprint density at radius 2 is 1.62 bits per heavy atom. The third kappa shape index (κ3) is 6.28. The second-order valence-corrected chi connectivity index (χ2v) is 7.28. The van der Waals surface area contributed by atoms with E-state index in [0.717, 1.165) is 11.1 Å². The highest BCUT2D eigenvalue weighted by Gasteiger charge is 2.26. The van der Waals surface area contributed by atoms with E-state index in [2.05, 4.69) is 10.6 Å². The van der Waals surface area contributed by atoms with Gasteiger partial charge in [-0.1, -0.05) is 56.3 Å². The summed E-state index contributed by atoms with van der Waals surface area (Å²) in [6.07, 6.45) is 0.381. The largest absolute Gasteiger partial charge is 0.340 e. The van der Waals surface area contributed by atoms with Crippen LogP contribution in [0.3, 0.4) is 0 Å². The number of carbonyl (C=O) groups excluding carboxylic acids is 3. The number of nitriles is 1. The number of Topliss-reactive ketones (excluding diaryl/α,β-unsaturated/α-hetero) is 1. The van der Waals surface area contributed by atoms with Gasteiger partial charge in [-0.2, -0.15) is 5.26 Å². The number of carbonyl (C=O) groups is 3. The van der Waals surface area contributed by atoms with Gasteiger partial charge in [-0.25, -0.2) is 0 Å². The Bertz CT molecular complexity index is 916. The summed E-state index contributed by atoms with van der Waals surface area (Å²) in [5.41, 5.74) is 2.30. The third-order valence-corrected chi connectivity index (χ3v) is 4.38. The van der Waals surface area contributed by atoms with Crippen molar-refractivity contribution < 1.29 is 14.4 Å². The lowest BCUT2D eigenvalue weighted by molar-refractivity contribution is -0.127. The van der Waals surface area contributed by atoms with Crippen LogP contribution in [0.5, 0.6) is 0 Å². The molecule has 6 nitrogen and oxygen atoms in total. The highest BCUT2D eigenvalue weighted by molar-refractivity contribution is 5.99. The van der Waals surface area contributed by atoms with Crippen molar-refractivity contribution in [1.29, 1.82) is 5.26 Å². The maximum atomic E-state index is 12.8. The molecule has 0 bridgehead atoms. The monoisotopic (exact) mass is 391 g/mol. The molecule has 6 heteroatoms. The minimum atomic E-state index is -1.23. The van der Waals surface area contributed by atoms with E-state index in [9.17, 15) is 14.4 Å². The molecule has 0 aromatic heterocycles. The average Bonchev–Trinajstić information content (AvgIpc) is 2.71. The molecule has 29 heavy (non-hydrogen) atoms. The van der Waals surface area contributed by atoms with E-state index in [1.54, 1.807) is 24.3 Å². The number of hydrogen-bond donors (Lipinski definition) is 2. The first-order valence-corrected chi connectivity index (χ1v) is 9.48. The van der Waals surface area contributed by atoms with Gasteiger partial charge in [-0.05, 0) is 42.5 Å². The Morgan fingerprint density at radius 3 is 2.21 bits per heavy atom. The zero-order valence-corrected chi connectivity index (χ0v) is 16.8. The van der Waals surface area contributed by atoms with Gasteiger partial charge in [0.25, 0.3) is 5.91 Å². The fraction of sp³-hybridized carbons (Fsp3) is 0.304. The van der Waals surface area contributed by atoms with E-state index in [0.29, 0.717) is 12.0 Å². The van der Waals surface area contributed by atoms with E-state index in [1.807, 2.05) is 50.2 Å². The van der Waals surface area contributed by atoms with Crippen molar-refractivity contribution in [2.75, 3.05) is 0 Å². The molecule has 0 saturated heterocycles. The first kappa shape index (κ1) is 21.8. The molecular weight excluding hydrogens is 366 g/mol. The summed E-state index contributed by atoms with van der Waals surface area (Å²) in [4.78, 5) is 36.8. The molecule has 0 radical (unpaired) electrons. The average molecular weight is 391 g/mol. The number of hydrogen-bond acceptors (Lipinski definition) is 4. The molecule has 2 atom stereocenters. The summed E-state index contributed by atoms with van der Waals surface area (Å²) in [5.74, 6) is -1.27. The smallest absolute Gasteiger partial charge is 0.251 e. The minimum Gasteiger partial charge on any atom is -0.340 e. The Morgan fingerprint density at radius 1 is 0.966 bits per heavy atom. The van der Waals surface area contributed by atoms with E-state index < -0.39 is 23.8 Å². The van der Waals surface area contributed by atoms with Crippen LogP contribution in [0.1, 0.15) is 37.6 Å². The summed E-state index contributed by atoms with van der Waals surface area (Å²) >= 11 is 0. The van der Waals surface area contributed by atoms with Crippen molar-refractivity contribution in [3.63, 3.8) is 0 Å². The Kier molecular flexibility index (Phi) is 7.67. The molecule has 2 aromatic carbocycles. The molecule has 0 spiro atoms. The molecule has 0 aliphatic rings. The number of nitrogens with one attached hydrogen (secondary N) is 2. The highest BCUT2D eigenvalue weighted by atomic mass is 16.2. The first-order valence-electron chi connectivity index (χ1n) is 9.48. The normalized spacial score (nSPS) is 12.5. The van der Waals surface area contributed by atoms with Crippen LogP contribution in [0.15, 0.2) is 54.6 Å². The van der Waals surface area contributed by atoms with Crippen molar-refractivity contribution in [2.45, 2.75) is 39.3 Å². The lowest BCUT2D eigenvalue weighted by atomic mass is 10.0. The van der Waals surface area contributed by atoms with Crippen molar-refractivity contribution in [3.8, 4) is 17.2 Å². The molecular formula is C23H25N3O3. The predicted molar refractivity (Wildman–Crippen MR) is 111 cm³/mol. The second kappa shape index (κ2) is 10.2. The molecule has 150 valence electrons. The fourth-order valence-corrected chi connectivity index (χ4v) is 2.88. The van der Waals surface area contributed by atoms with Crippen molar-refractivity contribution in [1.82, 2.24) is 10.6 Å². The molecule has 2 amide bonds. The van der Waals surface area contributed by atoms with Crippen LogP contribution in [0.25, 0.3) is 11.1 Å². The Hall–Kier alpha value is -3.46. The number of ketones is 1. The van der Waals surface area contributed by atoms with Crippen molar-refractivity contribution in [3.05, 3.63) is 60.2 Å². The number of rotatable bonds is 8.